The Morgan fingerprint density at radius 3 is 2.90 bits per heavy atom. The largest absolute Gasteiger partial charge is 0.371 e. The highest BCUT2D eigenvalue weighted by Crippen LogP contribution is 2.34. The number of unbranched alkanes of at least 4 members (excludes halogenated alkanes) is 1. The third-order valence-electron chi connectivity index (χ3n) is 5.72. The van der Waals surface area contributed by atoms with Crippen molar-refractivity contribution in [2.45, 2.75) is 39.5 Å². The molecule has 1 amide bonds. The lowest BCUT2D eigenvalue weighted by Crippen LogP contribution is -2.32. The Hall–Kier alpha value is -2.41. The molecule has 2 aromatic heterocycles. The van der Waals surface area contributed by atoms with Gasteiger partial charge in [-0.1, -0.05) is 25.4 Å². The summed E-state index contributed by atoms with van der Waals surface area (Å²) in [5.74, 6) is 0.811. The predicted octanol–water partition coefficient (Wildman–Crippen LogP) is 5.06. The molecular formula is C22H28N4O2S. The fourth-order valence-electron chi connectivity index (χ4n) is 3.71. The maximum atomic E-state index is 12.6. The maximum absolute atomic E-state index is 12.6. The molecule has 0 N–H and O–H groups in total. The molecule has 0 saturated carbocycles. The Morgan fingerprint density at radius 2 is 2.14 bits per heavy atom. The molecule has 3 aromatic rings. The molecule has 0 radical (unpaired) electrons. The number of nitrogens with zero attached hydrogens (tertiary/aromatic N) is 4. The van der Waals surface area contributed by atoms with Gasteiger partial charge in [-0.05, 0) is 37.3 Å². The fourth-order valence-corrected chi connectivity index (χ4v) is 4.62. The highest BCUT2D eigenvalue weighted by Gasteiger charge is 2.21. The number of anilines is 1. The van der Waals surface area contributed by atoms with Gasteiger partial charge in [0.25, 0.3) is 5.91 Å². The van der Waals surface area contributed by atoms with E-state index in [-0.39, 0.29) is 5.91 Å². The van der Waals surface area contributed by atoms with Gasteiger partial charge in [-0.2, -0.15) is 0 Å². The number of fused-ring (bicyclic) bond motifs is 1. The van der Waals surface area contributed by atoms with Crippen molar-refractivity contribution in [1.82, 2.24) is 15.0 Å². The highest BCUT2D eigenvalue weighted by atomic mass is 32.1. The summed E-state index contributed by atoms with van der Waals surface area (Å²) in [6.45, 7) is 7.36. The van der Waals surface area contributed by atoms with Gasteiger partial charge in [0, 0.05) is 38.4 Å². The number of amides is 1. The molecule has 6 nitrogen and oxygen atoms in total. The monoisotopic (exact) mass is 412 g/mol. The van der Waals surface area contributed by atoms with Gasteiger partial charge in [0.05, 0.1) is 11.6 Å². The number of piperidine rings is 1. The van der Waals surface area contributed by atoms with Gasteiger partial charge < -0.3 is 14.3 Å². The molecule has 0 unspecified atom stereocenters. The minimum absolute atomic E-state index is 0.0108. The van der Waals surface area contributed by atoms with E-state index >= 15 is 0 Å². The number of hydrogen-bond donors (Lipinski definition) is 0. The molecular weight excluding hydrogens is 384 g/mol. The lowest BCUT2D eigenvalue weighted by molar-refractivity contribution is 0.0798. The maximum Gasteiger partial charge on any atom is 0.265 e. The average Bonchev–Trinajstić information content (AvgIpc) is 3.38. The van der Waals surface area contributed by atoms with Crippen LogP contribution in [0, 0.1) is 5.92 Å². The van der Waals surface area contributed by atoms with Crippen molar-refractivity contribution in [1.29, 1.82) is 0 Å². The van der Waals surface area contributed by atoms with Crippen LogP contribution in [0.25, 0.3) is 21.7 Å². The molecule has 0 aliphatic carbocycles. The Morgan fingerprint density at radius 1 is 1.34 bits per heavy atom. The molecule has 1 aliphatic rings. The Balaban J connectivity index is 1.54. The molecule has 7 heteroatoms. The molecule has 3 heterocycles. The van der Waals surface area contributed by atoms with Gasteiger partial charge in [0.1, 0.15) is 15.6 Å². The summed E-state index contributed by atoms with van der Waals surface area (Å²) in [5.41, 5.74) is 2.65. The van der Waals surface area contributed by atoms with Gasteiger partial charge >= 0.3 is 0 Å². The second-order valence-electron chi connectivity index (χ2n) is 7.99. The van der Waals surface area contributed by atoms with E-state index in [0.29, 0.717) is 10.6 Å². The molecule has 1 aromatic carbocycles. The fraction of sp³-hybridized carbons (Fsp3) is 0.500. The summed E-state index contributed by atoms with van der Waals surface area (Å²) in [4.78, 5) is 21.8. The van der Waals surface area contributed by atoms with Crippen molar-refractivity contribution < 1.29 is 9.32 Å². The Labute approximate surface area is 175 Å². The molecule has 1 aliphatic heterocycles. The number of benzene rings is 1. The predicted molar refractivity (Wildman–Crippen MR) is 118 cm³/mol. The normalized spacial score (nSPS) is 15.2. The molecule has 0 bridgehead atoms. The smallest absolute Gasteiger partial charge is 0.265 e. The van der Waals surface area contributed by atoms with E-state index in [2.05, 4.69) is 47.1 Å². The van der Waals surface area contributed by atoms with Gasteiger partial charge in [0.2, 0.25) is 0 Å². The second-order valence-corrected chi connectivity index (χ2v) is 9.02. The van der Waals surface area contributed by atoms with E-state index in [1.807, 2.05) is 7.05 Å². The molecule has 1 fully saturated rings. The summed E-state index contributed by atoms with van der Waals surface area (Å²) in [6.07, 6.45) is 6.16. The van der Waals surface area contributed by atoms with Gasteiger partial charge in [-0.3, -0.25) is 4.79 Å². The zero-order valence-electron chi connectivity index (χ0n) is 17.4. The van der Waals surface area contributed by atoms with Crippen LogP contribution >= 0.6 is 11.3 Å². The zero-order valence-corrected chi connectivity index (χ0v) is 18.2. The van der Waals surface area contributed by atoms with Crippen molar-refractivity contribution in [2.24, 2.45) is 5.92 Å². The highest BCUT2D eigenvalue weighted by molar-refractivity contribution is 7.17. The summed E-state index contributed by atoms with van der Waals surface area (Å²) in [6, 6.07) is 6.27. The number of carbonyl (C=O) groups is 1. The van der Waals surface area contributed by atoms with Crippen molar-refractivity contribution in [2.75, 3.05) is 31.6 Å². The Bertz CT molecular complexity index is 988. The SMILES string of the molecule is CCCCN(C)C(=O)c1cnc(-c2noc3cc(N4CCC(C)CC4)ccc23)s1. The van der Waals surface area contributed by atoms with Crippen LogP contribution in [0.4, 0.5) is 5.69 Å². The second kappa shape index (κ2) is 8.53. The quantitative estimate of drug-likeness (QED) is 0.566. The van der Waals surface area contributed by atoms with Crippen LogP contribution in [-0.4, -0.2) is 47.6 Å². The third-order valence-corrected chi connectivity index (χ3v) is 6.71. The van der Waals surface area contributed by atoms with E-state index < -0.39 is 0 Å². The first-order valence-corrected chi connectivity index (χ1v) is 11.2. The van der Waals surface area contributed by atoms with E-state index in [4.69, 9.17) is 4.52 Å². The van der Waals surface area contributed by atoms with Crippen LogP contribution < -0.4 is 4.90 Å². The van der Waals surface area contributed by atoms with E-state index in [9.17, 15) is 4.79 Å². The van der Waals surface area contributed by atoms with Crippen molar-refractivity contribution in [3.8, 4) is 10.7 Å². The van der Waals surface area contributed by atoms with E-state index in [1.165, 1.54) is 29.9 Å². The number of carbonyl (C=O) groups excluding carboxylic acids is 1. The number of thiazole rings is 1. The van der Waals surface area contributed by atoms with Crippen molar-refractivity contribution in [3.63, 3.8) is 0 Å². The number of aromatic nitrogens is 2. The van der Waals surface area contributed by atoms with E-state index in [0.717, 1.165) is 54.4 Å². The minimum Gasteiger partial charge on any atom is -0.371 e. The summed E-state index contributed by atoms with van der Waals surface area (Å²) in [5, 5.41) is 5.92. The van der Waals surface area contributed by atoms with Crippen LogP contribution in [0.1, 0.15) is 49.2 Å². The molecule has 0 atom stereocenters. The number of hydrogen-bond acceptors (Lipinski definition) is 6. The lowest BCUT2D eigenvalue weighted by atomic mass is 9.99. The lowest BCUT2D eigenvalue weighted by Gasteiger charge is -2.32. The minimum atomic E-state index is 0.0108. The molecule has 154 valence electrons. The first kappa shape index (κ1) is 19.9. The number of rotatable bonds is 6. The first-order valence-electron chi connectivity index (χ1n) is 10.4. The summed E-state index contributed by atoms with van der Waals surface area (Å²) in [7, 11) is 1.84. The summed E-state index contributed by atoms with van der Waals surface area (Å²) < 4.78 is 5.62. The molecule has 1 saturated heterocycles. The average molecular weight is 413 g/mol. The summed E-state index contributed by atoms with van der Waals surface area (Å²) >= 11 is 1.37. The zero-order chi connectivity index (χ0) is 20.4. The van der Waals surface area contributed by atoms with Crippen molar-refractivity contribution >= 4 is 33.9 Å². The third kappa shape index (κ3) is 4.15. The van der Waals surface area contributed by atoms with Crippen LogP contribution in [-0.2, 0) is 0 Å². The molecule has 0 spiro atoms. The van der Waals surface area contributed by atoms with Gasteiger partial charge in [0.15, 0.2) is 5.58 Å². The van der Waals surface area contributed by atoms with Crippen LogP contribution in [0.2, 0.25) is 0 Å². The van der Waals surface area contributed by atoms with Crippen molar-refractivity contribution in [3.05, 3.63) is 29.3 Å². The Kier molecular flexibility index (Phi) is 5.85. The first-order chi connectivity index (χ1) is 14.1. The topological polar surface area (TPSA) is 62.5 Å². The van der Waals surface area contributed by atoms with Crippen LogP contribution in [0.15, 0.2) is 28.9 Å². The van der Waals surface area contributed by atoms with E-state index in [1.54, 1.807) is 11.1 Å². The van der Waals surface area contributed by atoms with Crippen LogP contribution in [0.5, 0.6) is 0 Å². The molecule has 4 rings (SSSR count). The van der Waals surface area contributed by atoms with Crippen LogP contribution in [0.3, 0.4) is 0 Å². The molecule has 29 heavy (non-hydrogen) atoms. The van der Waals surface area contributed by atoms with Gasteiger partial charge in [-0.25, -0.2) is 4.98 Å². The van der Waals surface area contributed by atoms with Gasteiger partial charge in [-0.15, -0.1) is 11.3 Å². The standard InChI is InChI=1S/C22H28N4O2S/c1-4-5-10-25(3)22(27)19-14-23-21(29-19)20-17-7-6-16(13-18(17)28-24-20)26-11-8-15(2)9-12-26/h6-7,13-15H,4-5,8-12H2,1-3H3.